The minimum absolute atomic E-state index is 0.0740. The van der Waals surface area contributed by atoms with Gasteiger partial charge in [-0.1, -0.05) is 13.0 Å². The van der Waals surface area contributed by atoms with Gasteiger partial charge < -0.3 is 10.0 Å². The molecule has 2 aromatic rings. The summed E-state index contributed by atoms with van der Waals surface area (Å²) in [4.78, 5) is 14.3. The first-order valence-corrected chi connectivity index (χ1v) is 9.66. The molecule has 152 valence electrons. The smallest absolute Gasteiger partial charge is 0.271 e. The second-order valence-electron chi connectivity index (χ2n) is 7.77. The molecular formula is C23H26FN3O2. The molecule has 0 saturated carbocycles. The molecule has 1 aliphatic rings. The van der Waals surface area contributed by atoms with Crippen LogP contribution in [0.1, 0.15) is 55.6 Å². The van der Waals surface area contributed by atoms with E-state index in [0.29, 0.717) is 11.1 Å². The van der Waals surface area contributed by atoms with Crippen LogP contribution in [0.2, 0.25) is 0 Å². The van der Waals surface area contributed by atoms with E-state index in [0.717, 1.165) is 29.8 Å². The van der Waals surface area contributed by atoms with Crippen LogP contribution in [-0.4, -0.2) is 29.3 Å². The number of phenolic OH excluding ortho intramolecular Hbond substituents is 1. The van der Waals surface area contributed by atoms with E-state index in [1.165, 1.54) is 30.5 Å². The molecule has 0 radical (unpaired) electrons. The average Bonchev–Trinajstić information content (AvgIpc) is 2.66. The number of anilines is 1. The van der Waals surface area contributed by atoms with Crippen molar-refractivity contribution in [3.63, 3.8) is 0 Å². The van der Waals surface area contributed by atoms with Crippen molar-refractivity contribution in [1.82, 2.24) is 5.43 Å². The topological polar surface area (TPSA) is 64.9 Å². The normalized spacial score (nSPS) is 15.2. The Morgan fingerprint density at radius 3 is 2.62 bits per heavy atom. The quantitative estimate of drug-likeness (QED) is 0.569. The molecule has 0 bridgehead atoms. The molecule has 0 spiro atoms. The summed E-state index contributed by atoms with van der Waals surface area (Å²) < 4.78 is 14.8. The third kappa shape index (κ3) is 4.31. The molecule has 1 amide bonds. The van der Waals surface area contributed by atoms with Crippen LogP contribution < -0.4 is 10.3 Å². The van der Waals surface area contributed by atoms with E-state index in [1.807, 2.05) is 6.92 Å². The number of amides is 1. The van der Waals surface area contributed by atoms with Gasteiger partial charge in [0.1, 0.15) is 11.6 Å². The third-order valence-corrected chi connectivity index (χ3v) is 5.04. The maximum atomic E-state index is 14.8. The molecule has 1 heterocycles. The summed E-state index contributed by atoms with van der Waals surface area (Å²) in [5.41, 5.74) is 5.77. The summed E-state index contributed by atoms with van der Waals surface area (Å²) in [7, 11) is 0. The van der Waals surface area contributed by atoms with Crippen LogP contribution in [-0.2, 0) is 0 Å². The monoisotopic (exact) mass is 395 g/mol. The van der Waals surface area contributed by atoms with Crippen LogP contribution in [0.25, 0.3) is 5.57 Å². The summed E-state index contributed by atoms with van der Waals surface area (Å²) in [6.07, 6.45) is 4.46. The van der Waals surface area contributed by atoms with E-state index >= 15 is 0 Å². The second-order valence-corrected chi connectivity index (χ2v) is 7.77. The zero-order valence-electron chi connectivity index (χ0n) is 17.2. The highest BCUT2D eigenvalue weighted by Gasteiger charge is 2.31. The predicted octanol–water partition coefficient (Wildman–Crippen LogP) is 4.71. The zero-order valence-corrected chi connectivity index (χ0v) is 17.2. The summed E-state index contributed by atoms with van der Waals surface area (Å²) in [5, 5.41) is 13.2. The number of hydrogen-bond acceptors (Lipinski definition) is 4. The first kappa shape index (κ1) is 20.6. The third-order valence-electron chi connectivity index (χ3n) is 5.04. The maximum absolute atomic E-state index is 14.8. The van der Waals surface area contributed by atoms with Crippen molar-refractivity contribution in [2.45, 2.75) is 39.7 Å². The molecule has 3 rings (SSSR count). The number of fused-ring (bicyclic) bond motifs is 1. The SMILES string of the molecule is CCCN1c2cc(F)c(/C=N\NC(=O)c3ccc(O)cc3)cc2C(C)=CC1(C)C. The average molecular weight is 395 g/mol. The Labute approximate surface area is 170 Å². The Morgan fingerprint density at radius 2 is 1.97 bits per heavy atom. The molecule has 0 aliphatic carbocycles. The lowest BCUT2D eigenvalue weighted by Gasteiger charge is -2.43. The van der Waals surface area contributed by atoms with Crippen LogP contribution in [0.3, 0.4) is 0 Å². The molecule has 6 heteroatoms. The van der Waals surface area contributed by atoms with Gasteiger partial charge in [-0.25, -0.2) is 9.82 Å². The molecule has 2 aromatic carbocycles. The van der Waals surface area contributed by atoms with Crippen molar-refractivity contribution >= 4 is 23.4 Å². The molecule has 2 N–H and O–H groups in total. The van der Waals surface area contributed by atoms with Crippen molar-refractivity contribution in [2.24, 2.45) is 5.10 Å². The van der Waals surface area contributed by atoms with Gasteiger partial charge in [0.05, 0.1) is 11.8 Å². The van der Waals surface area contributed by atoms with Crippen molar-refractivity contribution in [2.75, 3.05) is 11.4 Å². The molecule has 0 aromatic heterocycles. The van der Waals surface area contributed by atoms with Gasteiger partial charge in [0.15, 0.2) is 0 Å². The van der Waals surface area contributed by atoms with Crippen LogP contribution in [0.5, 0.6) is 5.75 Å². The number of aromatic hydroxyl groups is 1. The summed E-state index contributed by atoms with van der Waals surface area (Å²) in [6.45, 7) is 9.21. The Kier molecular flexibility index (Phi) is 5.73. The van der Waals surface area contributed by atoms with E-state index in [9.17, 15) is 14.3 Å². The predicted molar refractivity (Wildman–Crippen MR) is 115 cm³/mol. The fraction of sp³-hybridized carbons (Fsp3) is 0.304. The van der Waals surface area contributed by atoms with Crippen LogP contribution >= 0.6 is 0 Å². The lowest BCUT2D eigenvalue weighted by molar-refractivity contribution is 0.0955. The number of hydrogen-bond donors (Lipinski definition) is 2. The second kappa shape index (κ2) is 8.07. The number of nitrogens with one attached hydrogen (secondary N) is 1. The van der Waals surface area contributed by atoms with E-state index in [2.05, 4.69) is 42.3 Å². The first-order chi connectivity index (χ1) is 13.7. The first-order valence-electron chi connectivity index (χ1n) is 9.66. The molecule has 0 unspecified atom stereocenters. The molecule has 0 fully saturated rings. The van der Waals surface area contributed by atoms with Gasteiger partial charge in [0.25, 0.3) is 5.91 Å². The van der Waals surface area contributed by atoms with Crippen LogP contribution in [0.4, 0.5) is 10.1 Å². The van der Waals surface area contributed by atoms with Gasteiger partial charge in [-0.3, -0.25) is 4.79 Å². The highest BCUT2D eigenvalue weighted by molar-refractivity contribution is 5.95. The largest absolute Gasteiger partial charge is 0.508 e. The minimum atomic E-state index is -0.438. The maximum Gasteiger partial charge on any atom is 0.271 e. The number of nitrogens with zero attached hydrogens (tertiary/aromatic N) is 2. The van der Waals surface area contributed by atoms with Crippen molar-refractivity contribution in [3.8, 4) is 5.75 Å². The fourth-order valence-corrected chi connectivity index (χ4v) is 3.68. The van der Waals surface area contributed by atoms with Crippen molar-refractivity contribution in [3.05, 3.63) is 65.0 Å². The zero-order chi connectivity index (χ0) is 21.2. The van der Waals surface area contributed by atoms with E-state index in [-0.39, 0.29) is 11.3 Å². The summed E-state index contributed by atoms with van der Waals surface area (Å²) in [6, 6.07) is 9.12. The Morgan fingerprint density at radius 1 is 1.28 bits per heavy atom. The molecule has 1 aliphatic heterocycles. The molecular weight excluding hydrogens is 369 g/mol. The van der Waals surface area contributed by atoms with Gasteiger partial charge in [0.2, 0.25) is 0 Å². The van der Waals surface area contributed by atoms with Crippen molar-refractivity contribution < 1.29 is 14.3 Å². The lowest BCUT2D eigenvalue weighted by atomic mass is 9.88. The fourth-order valence-electron chi connectivity index (χ4n) is 3.68. The number of phenols is 1. The number of carbonyl (C=O) groups excluding carboxylic acids is 1. The highest BCUT2D eigenvalue weighted by atomic mass is 19.1. The molecule has 0 saturated heterocycles. The number of rotatable bonds is 5. The number of halogens is 1. The van der Waals surface area contributed by atoms with E-state index in [1.54, 1.807) is 12.1 Å². The van der Waals surface area contributed by atoms with Gasteiger partial charge in [0, 0.05) is 28.9 Å². The van der Waals surface area contributed by atoms with E-state index in [4.69, 9.17) is 0 Å². The summed E-state index contributed by atoms with van der Waals surface area (Å²) >= 11 is 0. The minimum Gasteiger partial charge on any atom is -0.508 e. The lowest BCUT2D eigenvalue weighted by Crippen LogP contribution is -2.45. The van der Waals surface area contributed by atoms with Gasteiger partial charge in [-0.15, -0.1) is 0 Å². The standard InChI is InChI=1S/C23H26FN3O2/c1-5-10-27-21-12-20(24)17(11-19(21)15(2)13-23(27,3)4)14-25-26-22(29)16-6-8-18(28)9-7-16/h6-9,11-14,28H,5,10H2,1-4H3,(H,26,29)/b25-14-. The molecule has 5 nitrogen and oxygen atoms in total. The highest BCUT2D eigenvalue weighted by Crippen LogP contribution is 2.39. The molecule has 29 heavy (non-hydrogen) atoms. The van der Waals surface area contributed by atoms with Gasteiger partial charge >= 0.3 is 0 Å². The Balaban J connectivity index is 1.85. The van der Waals surface area contributed by atoms with Gasteiger partial charge in [-0.05, 0) is 69.2 Å². The Bertz CT molecular complexity index is 978. The van der Waals surface area contributed by atoms with E-state index < -0.39 is 11.7 Å². The number of carbonyl (C=O) groups is 1. The summed E-state index contributed by atoms with van der Waals surface area (Å²) in [5.74, 6) is -0.755. The van der Waals surface area contributed by atoms with Crippen molar-refractivity contribution in [1.29, 1.82) is 0 Å². The molecule has 0 atom stereocenters. The van der Waals surface area contributed by atoms with Crippen LogP contribution in [0, 0.1) is 5.82 Å². The van der Waals surface area contributed by atoms with Gasteiger partial charge in [-0.2, -0.15) is 5.10 Å². The number of hydrazone groups is 1. The van der Waals surface area contributed by atoms with Crippen LogP contribution in [0.15, 0.2) is 47.6 Å². The number of benzene rings is 2. The Hall–Kier alpha value is -3.15. The number of allylic oxidation sites excluding steroid dienone is 1.